The molecule has 5 heteroatoms. The van der Waals surface area contributed by atoms with E-state index in [0.717, 1.165) is 35.4 Å². The molecule has 204 valence electrons. The molecule has 0 saturated heterocycles. The molecule has 3 atom stereocenters. The second-order valence-corrected chi connectivity index (χ2v) is 12.9. The second-order valence-electron chi connectivity index (χ2n) is 9.91. The minimum Gasteiger partial charge on any atom is -0.497 e. The molecule has 4 aromatic rings. The number of methoxy groups -OCH3 is 1. The topological polar surface area (TPSA) is 55.8 Å². The molecule has 0 aromatic heterocycles. The highest BCUT2D eigenvalue weighted by Crippen LogP contribution is 2.55. The molecule has 1 N–H and O–H groups in total. The third kappa shape index (κ3) is 7.28. The Hall–Kier alpha value is -3.17. The van der Waals surface area contributed by atoms with Crippen LogP contribution in [0.1, 0.15) is 49.8 Å². The molecule has 0 aliphatic carbocycles. The lowest BCUT2D eigenvalue weighted by Crippen LogP contribution is -2.34. The number of ether oxygens (including phenoxy) is 2. The monoisotopic (exact) mass is 542 g/mol. The Morgan fingerprint density at radius 1 is 0.769 bits per heavy atom. The van der Waals surface area contributed by atoms with Crippen molar-refractivity contribution in [3.63, 3.8) is 0 Å². The molecule has 4 rings (SSSR count). The average molecular weight is 543 g/mol. The van der Waals surface area contributed by atoms with Crippen LogP contribution in [0.3, 0.4) is 0 Å². The van der Waals surface area contributed by atoms with Gasteiger partial charge in [0.1, 0.15) is 12.9 Å². The van der Waals surface area contributed by atoms with Gasteiger partial charge < -0.3 is 19.1 Å². The fraction of sp³-hybridized carbons (Fsp3) is 0.294. The summed E-state index contributed by atoms with van der Waals surface area (Å²) in [5, 5.41) is 13.5. The van der Waals surface area contributed by atoms with Gasteiger partial charge in [-0.15, -0.1) is 0 Å². The number of unbranched alkanes of at least 4 members (excludes halogenated alkanes) is 1. The first-order chi connectivity index (χ1) is 19.1. The Balaban J connectivity index is 1.78. The van der Waals surface area contributed by atoms with Crippen molar-refractivity contribution in [3.05, 3.63) is 126 Å². The Labute approximate surface area is 233 Å². The van der Waals surface area contributed by atoms with Gasteiger partial charge in [-0.2, -0.15) is 0 Å². The quantitative estimate of drug-likeness (QED) is 0.170. The van der Waals surface area contributed by atoms with Gasteiger partial charge in [0.2, 0.25) is 0 Å². The summed E-state index contributed by atoms with van der Waals surface area (Å²) in [6.07, 6.45) is 2.19. The van der Waals surface area contributed by atoms with Crippen LogP contribution in [0.5, 0.6) is 5.75 Å². The first-order valence-electron chi connectivity index (χ1n) is 13.7. The summed E-state index contributed by atoms with van der Waals surface area (Å²) in [6.45, 7) is 2.64. The Kier molecular flexibility index (Phi) is 10.6. The van der Waals surface area contributed by atoms with Crippen molar-refractivity contribution < 1.29 is 19.1 Å². The van der Waals surface area contributed by atoms with E-state index in [1.165, 1.54) is 0 Å². The number of aliphatic hydroxyl groups excluding tert-OH is 1. The Morgan fingerprint density at radius 2 is 1.31 bits per heavy atom. The van der Waals surface area contributed by atoms with Crippen molar-refractivity contribution >= 4 is 17.8 Å². The SMILES string of the molecule is CCCC[C@H](C[C@H]([C@H](O)c1ccc(OC)cc1)P(=O)(c1ccccc1)c1ccccc1)OCc1ccccc1. The minimum absolute atomic E-state index is 0.163. The third-order valence-electron chi connectivity index (χ3n) is 7.28. The van der Waals surface area contributed by atoms with Crippen molar-refractivity contribution in [3.8, 4) is 5.75 Å². The summed E-state index contributed by atoms with van der Waals surface area (Å²) < 4.78 is 27.3. The van der Waals surface area contributed by atoms with Crippen molar-refractivity contribution in [1.29, 1.82) is 0 Å². The molecule has 0 radical (unpaired) electrons. The van der Waals surface area contributed by atoms with Crippen molar-refractivity contribution in [2.75, 3.05) is 7.11 Å². The van der Waals surface area contributed by atoms with Gasteiger partial charge >= 0.3 is 0 Å². The molecule has 0 heterocycles. The molecule has 0 aliphatic heterocycles. The van der Waals surface area contributed by atoms with Crippen LogP contribution < -0.4 is 15.3 Å². The van der Waals surface area contributed by atoms with Crippen LogP contribution in [0.4, 0.5) is 0 Å². The summed E-state index contributed by atoms with van der Waals surface area (Å²) >= 11 is 0. The zero-order chi connectivity index (χ0) is 27.5. The maximum atomic E-state index is 15.5. The normalized spacial score (nSPS) is 13.9. The summed E-state index contributed by atoms with van der Waals surface area (Å²) in [5.74, 6) is 0.712. The summed E-state index contributed by atoms with van der Waals surface area (Å²) in [5.41, 5.74) is 1.22. The largest absolute Gasteiger partial charge is 0.497 e. The lowest BCUT2D eigenvalue weighted by Gasteiger charge is -2.35. The van der Waals surface area contributed by atoms with E-state index >= 15 is 4.57 Å². The van der Waals surface area contributed by atoms with E-state index < -0.39 is 18.9 Å². The van der Waals surface area contributed by atoms with E-state index in [1.54, 1.807) is 7.11 Å². The average Bonchev–Trinajstić information content (AvgIpc) is 3.01. The van der Waals surface area contributed by atoms with Crippen LogP contribution in [0, 0.1) is 0 Å². The van der Waals surface area contributed by atoms with Gasteiger partial charge in [-0.25, -0.2) is 0 Å². The zero-order valence-corrected chi connectivity index (χ0v) is 23.8. The van der Waals surface area contributed by atoms with E-state index in [0.29, 0.717) is 24.3 Å². The number of benzene rings is 4. The maximum Gasteiger partial charge on any atom is 0.149 e. The van der Waals surface area contributed by atoms with E-state index in [2.05, 4.69) is 19.1 Å². The number of hydrogen-bond donors (Lipinski definition) is 1. The number of aliphatic hydroxyl groups is 1. The molecule has 0 aliphatic rings. The molecule has 0 saturated carbocycles. The van der Waals surface area contributed by atoms with Gasteiger partial charge in [0.05, 0.1) is 31.6 Å². The van der Waals surface area contributed by atoms with Gasteiger partial charge in [-0.3, -0.25) is 0 Å². The number of rotatable bonds is 14. The molecule has 4 nitrogen and oxygen atoms in total. The van der Waals surface area contributed by atoms with Crippen molar-refractivity contribution in [1.82, 2.24) is 0 Å². The zero-order valence-electron chi connectivity index (χ0n) is 22.9. The van der Waals surface area contributed by atoms with Gasteiger partial charge in [-0.1, -0.05) is 123 Å². The van der Waals surface area contributed by atoms with E-state index in [-0.39, 0.29) is 6.10 Å². The van der Waals surface area contributed by atoms with Gasteiger partial charge in [0, 0.05) is 10.6 Å². The van der Waals surface area contributed by atoms with Crippen LogP contribution in [0.15, 0.2) is 115 Å². The smallest absolute Gasteiger partial charge is 0.149 e. The van der Waals surface area contributed by atoms with Crippen LogP contribution >= 0.6 is 7.14 Å². The molecular weight excluding hydrogens is 503 g/mol. The molecule has 4 aromatic carbocycles. The van der Waals surface area contributed by atoms with E-state index in [4.69, 9.17) is 9.47 Å². The molecule has 0 bridgehead atoms. The molecule has 0 unspecified atom stereocenters. The first kappa shape index (κ1) is 28.8. The molecule has 0 spiro atoms. The Morgan fingerprint density at radius 3 is 1.82 bits per heavy atom. The highest BCUT2D eigenvalue weighted by atomic mass is 31.2. The summed E-state index contributed by atoms with van der Waals surface area (Å²) in [7, 11) is -1.70. The van der Waals surface area contributed by atoms with Crippen molar-refractivity contribution in [2.45, 2.75) is 57.1 Å². The fourth-order valence-corrected chi connectivity index (χ4v) is 8.49. The second kappa shape index (κ2) is 14.3. The van der Waals surface area contributed by atoms with Gasteiger partial charge in [0.25, 0.3) is 0 Å². The predicted octanol–water partition coefficient (Wildman–Crippen LogP) is 7.28. The van der Waals surface area contributed by atoms with Crippen LogP contribution in [0.25, 0.3) is 0 Å². The number of hydrogen-bond acceptors (Lipinski definition) is 4. The van der Waals surface area contributed by atoms with E-state index in [9.17, 15) is 5.11 Å². The van der Waals surface area contributed by atoms with Crippen LogP contribution in [0.2, 0.25) is 0 Å². The first-order valence-corrected chi connectivity index (χ1v) is 15.5. The van der Waals surface area contributed by atoms with Crippen LogP contribution in [-0.2, 0) is 15.9 Å². The lowest BCUT2D eigenvalue weighted by molar-refractivity contribution is 0.0185. The highest BCUT2D eigenvalue weighted by molar-refractivity contribution is 7.79. The summed E-state index contributed by atoms with van der Waals surface area (Å²) in [6, 6.07) is 36.8. The molecular formula is C34H39O4P. The Bertz CT molecular complexity index is 1250. The lowest BCUT2D eigenvalue weighted by atomic mass is 9.99. The van der Waals surface area contributed by atoms with Crippen LogP contribution in [-0.4, -0.2) is 24.0 Å². The fourth-order valence-electron chi connectivity index (χ4n) is 5.09. The standard InChI is InChI=1S/C34H39O4P/c1-3-4-16-30(38-26-27-14-8-5-9-15-27)25-33(34(35)28-21-23-29(37-2)24-22-28)39(36,31-17-10-6-11-18-31)32-19-12-7-13-20-32/h5-15,17-24,30,33-35H,3-4,16,25-26H2,1-2H3/t30-,33-,34-/m1/s1. The predicted molar refractivity (Wildman–Crippen MR) is 161 cm³/mol. The molecule has 0 amide bonds. The minimum atomic E-state index is -3.32. The maximum absolute atomic E-state index is 15.5. The third-order valence-corrected chi connectivity index (χ3v) is 10.8. The highest BCUT2D eigenvalue weighted by Gasteiger charge is 2.42. The molecule has 0 fully saturated rings. The molecule has 39 heavy (non-hydrogen) atoms. The summed E-state index contributed by atoms with van der Waals surface area (Å²) in [4.78, 5) is 0. The van der Waals surface area contributed by atoms with E-state index in [1.807, 2.05) is 103 Å². The van der Waals surface area contributed by atoms with Gasteiger partial charge in [0.15, 0.2) is 0 Å². The van der Waals surface area contributed by atoms with Gasteiger partial charge in [-0.05, 0) is 36.1 Å². The van der Waals surface area contributed by atoms with Crippen molar-refractivity contribution in [2.24, 2.45) is 0 Å².